The van der Waals surface area contributed by atoms with Gasteiger partial charge in [-0.05, 0) is 17.5 Å². The van der Waals surface area contributed by atoms with Gasteiger partial charge in [0.2, 0.25) is 5.91 Å². The number of esters is 1. The molecule has 112 valence electrons. The third kappa shape index (κ3) is 1.78. The number of amides is 1. The summed E-state index contributed by atoms with van der Waals surface area (Å²) >= 11 is 0. The number of carbonyl (C=O) groups excluding carboxylic acids is 2. The Hall–Kier alpha value is -1.98. The second-order valence-electron chi connectivity index (χ2n) is 6.10. The van der Waals surface area contributed by atoms with E-state index in [1.54, 1.807) is 0 Å². The largest absolute Gasteiger partial charge is 0.467 e. The van der Waals surface area contributed by atoms with Gasteiger partial charge in [-0.15, -0.1) is 0 Å². The Kier molecular flexibility index (Phi) is 2.83. The average molecular weight is 295 g/mol. The molecule has 1 amide bonds. The summed E-state index contributed by atoms with van der Waals surface area (Å²) in [5.74, 6) is -3.27. The molecular weight excluding hydrogens is 280 g/mol. The molecule has 21 heavy (non-hydrogen) atoms. The van der Waals surface area contributed by atoms with Crippen LogP contribution in [0.15, 0.2) is 18.2 Å². The van der Waals surface area contributed by atoms with E-state index in [-0.39, 0.29) is 28.8 Å². The third-order valence-electron chi connectivity index (χ3n) is 4.66. The summed E-state index contributed by atoms with van der Waals surface area (Å²) in [7, 11) is 1.25. The lowest BCUT2D eigenvalue weighted by atomic mass is 10.0. The van der Waals surface area contributed by atoms with Gasteiger partial charge < -0.3 is 4.74 Å². The van der Waals surface area contributed by atoms with E-state index in [0.29, 0.717) is 0 Å². The van der Waals surface area contributed by atoms with Gasteiger partial charge in [-0.1, -0.05) is 13.8 Å². The van der Waals surface area contributed by atoms with Gasteiger partial charge in [0.25, 0.3) is 0 Å². The number of hydrogen-bond donors (Lipinski definition) is 0. The number of rotatable bonds is 2. The van der Waals surface area contributed by atoms with E-state index in [4.69, 9.17) is 4.74 Å². The van der Waals surface area contributed by atoms with Crippen molar-refractivity contribution < 1.29 is 23.1 Å². The lowest BCUT2D eigenvalue weighted by molar-refractivity contribution is -0.143. The normalized spacial score (nSPS) is 29.3. The number of anilines is 1. The summed E-state index contributed by atoms with van der Waals surface area (Å²) in [6.07, 6.45) is 0. The Morgan fingerprint density at radius 2 is 1.95 bits per heavy atom. The first kappa shape index (κ1) is 14.0. The fourth-order valence-electron chi connectivity index (χ4n) is 3.48. The number of carbonyl (C=O) groups is 2. The predicted octanol–water partition coefficient (Wildman–Crippen LogP) is 2.13. The van der Waals surface area contributed by atoms with E-state index in [9.17, 15) is 18.4 Å². The molecule has 2 fully saturated rings. The van der Waals surface area contributed by atoms with Crippen LogP contribution in [0.25, 0.3) is 0 Å². The molecular formula is C15H15F2NO3. The molecule has 1 saturated heterocycles. The van der Waals surface area contributed by atoms with Gasteiger partial charge in [0.1, 0.15) is 6.04 Å². The van der Waals surface area contributed by atoms with Gasteiger partial charge in [0.15, 0.2) is 11.6 Å². The molecule has 2 aliphatic rings. The molecule has 1 aliphatic heterocycles. The van der Waals surface area contributed by atoms with Crippen molar-refractivity contribution in [2.45, 2.75) is 19.9 Å². The van der Waals surface area contributed by atoms with Gasteiger partial charge >= 0.3 is 5.97 Å². The van der Waals surface area contributed by atoms with E-state index in [1.807, 2.05) is 13.8 Å². The number of ether oxygens (including phenoxy) is 1. The Balaban J connectivity index is 2.03. The minimum absolute atomic E-state index is 0.162. The van der Waals surface area contributed by atoms with Gasteiger partial charge in [0.05, 0.1) is 7.11 Å². The minimum atomic E-state index is -1.05. The van der Waals surface area contributed by atoms with Crippen LogP contribution in [0, 0.1) is 28.9 Å². The minimum Gasteiger partial charge on any atom is -0.467 e. The number of nitrogens with zero attached hydrogens (tertiary/aromatic N) is 1. The van der Waals surface area contributed by atoms with Crippen LogP contribution in [-0.4, -0.2) is 25.0 Å². The zero-order chi connectivity index (χ0) is 15.5. The van der Waals surface area contributed by atoms with Crippen molar-refractivity contribution in [3.63, 3.8) is 0 Å². The monoisotopic (exact) mass is 295 g/mol. The summed E-state index contributed by atoms with van der Waals surface area (Å²) in [5.41, 5.74) is -0.0947. The molecule has 0 aromatic heterocycles. The Labute approximate surface area is 120 Å². The Morgan fingerprint density at radius 3 is 2.52 bits per heavy atom. The number of benzene rings is 1. The highest BCUT2D eigenvalue weighted by molar-refractivity contribution is 6.07. The maximum absolute atomic E-state index is 13.4. The number of hydrogen-bond acceptors (Lipinski definition) is 3. The Morgan fingerprint density at radius 1 is 1.29 bits per heavy atom. The van der Waals surface area contributed by atoms with Crippen LogP contribution in [0.5, 0.6) is 0 Å². The summed E-state index contributed by atoms with van der Waals surface area (Å²) in [6, 6.07) is 2.39. The fraction of sp³-hybridized carbons (Fsp3) is 0.467. The number of halogens is 2. The molecule has 1 saturated carbocycles. The van der Waals surface area contributed by atoms with Crippen molar-refractivity contribution in [3.8, 4) is 0 Å². The quantitative estimate of drug-likeness (QED) is 0.785. The first-order valence-corrected chi connectivity index (χ1v) is 6.66. The first-order chi connectivity index (χ1) is 9.80. The highest BCUT2D eigenvalue weighted by Crippen LogP contribution is 2.66. The third-order valence-corrected chi connectivity index (χ3v) is 4.66. The highest BCUT2D eigenvalue weighted by Gasteiger charge is 2.74. The van der Waals surface area contributed by atoms with E-state index >= 15 is 0 Å². The molecule has 0 N–H and O–H groups in total. The van der Waals surface area contributed by atoms with Gasteiger partial charge in [0, 0.05) is 23.6 Å². The van der Waals surface area contributed by atoms with Crippen molar-refractivity contribution in [2.24, 2.45) is 17.3 Å². The second kappa shape index (κ2) is 4.26. The summed E-state index contributed by atoms with van der Waals surface area (Å²) in [4.78, 5) is 25.8. The van der Waals surface area contributed by atoms with Gasteiger partial charge in [-0.3, -0.25) is 9.69 Å². The highest BCUT2D eigenvalue weighted by atomic mass is 19.2. The zero-order valence-electron chi connectivity index (χ0n) is 11.9. The van der Waals surface area contributed by atoms with Crippen LogP contribution in [0.3, 0.4) is 0 Å². The molecule has 0 spiro atoms. The predicted molar refractivity (Wildman–Crippen MR) is 70.4 cm³/mol. The second-order valence-corrected chi connectivity index (χ2v) is 6.10. The standard InChI is InChI=1S/C15H15F2NO3/c1-15(2)10-11(15)13(19)18(12(10)14(20)21-3)7-4-5-8(16)9(17)6-7/h4-6,10-12H,1-3H3/t10?,11-,12+/m1/s1. The van der Waals surface area contributed by atoms with Crippen LogP contribution < -0.4 is 4.90 Å². The van der Waals surface area contributed by atoms with Crippen LogP contribution in [0.2, 0.25) is 0 Å². The molecule has 3 rings (SSSR count). The molecule has 1 aromatic rings. The van der Waals surface area contributed by atoms with Crippen molar-refractivity contribution in [1.29, 1.82) is 0 Å². The van der Waals surface area contributed by atoms with Crippen LogP contribution >= 0.6 is 0 Å². The van der Waals surface area contributed by atoms with E-state index in [2.05, 4.69) is 0 Å². The summed E-state index contributed by atoms with van der Waals surface area (Å²) < 4.78 is 31.2. The zero-order valence-corrected chi connectivity index (χ0v) is 11.9. The van der Waals surface area contributed by atoms with Crippen molar-refractivity contribution in [2.75, 3.05) is 12.0 Å². The van der Waals surface area contributed by atoms with Crippen LogP contribution in [-0.2, 0) is 14.3 Å². The van der Waals surface area contributed by atoms with Crippen LogP contribution in [0.4, 0.5) is 14.5 Å². The molecule has 0 bridgehead atoms. The molecule has 6 heteroatoms. The molecule has 1 aliphatic carbocycles. The lowest BCUT2D eigenvalue weighted by Crippen LogP contribution is -2.45. The molecule has 4 nitrogen and oxygen atoms in total. The van der Waals surface area contributed by atoms with E-state index < -0.39 is 23.6 Å². The van der Waals surface area contributed by atoms with Crippen molar-refractivity contribution in [3.05, 3.63) is 29.8 Å². The molecule has 1 aromatic carbocycles. The number of piperidine rings is 1. The molecule has 0 radical (unpaired) electrons. The Bertz CT molecular complexity index is 644. The molecule has 3 atom stereocenters. The lowest BCUT2D eigenvalue weighted by Gasteiger charge is -2.29. The molecule has 1 unspecified atom stereocenters. The summed E-state index contributed by atoms with van der Waals surface area (Å²) in [6.45, 7) is 3.83. The molecule has 1 heterocycles. The maximum Gasteiger partial charge on any atom is 0.329 e. The van der Waals surface area contributed by atoms with E-state index in [0.717, 1.165) is 12.1 Å². The van der Waals surface area contributed by atoms with Crippen LogP contribution in [0.1, 0.15) is 13.8 Å². The van der Waals surface area contributed by atoms with E-state index in [1.165, 1.54) is 18.1 Å². The van der Waals surface area contributed by atoms with Crippen molar-refractivity contribution in [1.82, 2.24) is 0 Å². The first-order valence-electron chi connectivity index (χ1n) is 6.66. The smallest absolute Gasteiger partial charge is 0.329 e. The van der Waals surface area contributed by atoms with Gasteiger partial charge in [-0.25, -0.2) is 13.6 Å². The number of fused-ring (bicyclic) bond motifs is 1. The average Bonchev–Trinajstić information content (AvgIpc) is 2.83. The maximum atomic E-state index is 13.4. The fourth-order valence-corrected chi connectivity index (χ4v) is 3.48. The topological polar surface area (TPSA) is 46.6 Å². The van der Waals surface area contributed by atoms with Gasteiger partial charge in [-0.2, -0.15) is 0 Å². The van der Waals surface area contributed by atoms with Crippen molar-refractivity contribution >= 4 is 17.6 Å². The number of methoxy groups -OCH3 is 1. The summed E-state index contributed by atoms with van der Waals surface area (Å²) in [5, 5.41) is 0. The SMILES string of the molecule is COC(=O)[C@@H]1C2[C@H](C(=O)N1c1ccc(F)c(F)c1)C2(C)C.